The quantitative estimate of drug-likeness (QED) is 0.698. The zero-order valence-corrected chi connectivity index (χ0v) is 16.7. The first-order valence-electron chi connectivity index (χ1n) is 9.29. The first-order valence-corrected chi connectivity index (χ1v) is 9.29. The summed E-state index contributed by atoms with van der Waals surface area (Å²) in [6, 6.07) is 10.9. The maximum absolute atomic E-state index is 5.08. The van der Waals surface area contributed by atoms with Crippen LogP contribution in [0.1, 0.15) is 58.1 Å². The average Bonchev–Trinajstić information content (AvgIpc) is 2.59. The van der Waals surface area contributed by atoms with Crippen LogP contribution in [0.25, 0.3) is 0 Å². The molecule has 2 heterocycles. The lowest BCUT2D eigenvalue weighted by Gasteiger charge is -2.50. The Morgan fingerprint density at radius 3 is 2.65 bits per heavy atom. The Kier molecular flexibility index (Phi) is 5.03. The third-order valence-electron chi connectivity index (χ3n) is 5.11. The minimum Gasteiger partial charge on any atom is -0.481 e. The molecular formula is C22H29N3O. The topological polar surface area (TPSA) is 37.7 Å². The number of pyridine rings is 1. The van der Waals surface area contributed by atoms with Crippen molar-refractivity contribution in [2.75, 3.05) is 12.0 Å². The molecule has 0 bridgehead atoms. The molecule has 0 saturated heterocycles. The summed E-state index contributed by atoms with van der Waals surface area (Å²) in [5.41, 5.74) is 4.88. The lowest BCUT2D eigenvalue weighted by Crippen LogP contribution is -2.51. The molecule has 3 rings (SSSR count). The molecule has 0 N–H and O–H groups in total. The fourth-order valence-corrected chi connectivity index (χ4v) is 4.25. The molecule has 1 aliphatic rings. The highest BCUT2D eigenvalue weighted by atomic mass is 16.5. The van der Waals surface area contributed by atoms with Crippen molar-refractivity contribution in [3.8, 4) is 5.88 Å². The minimum atomic E-state index is 0.172. The van der Waals surface area contributed by atoms with Gasteiger partial charge in [-0.15, -0.1) is 0 Å². The summed E-state index contributed by atoms with van der Waals surface area (Å²) in [5, 5.41) is 0. The molecule has 0 amide bonds. The van der Waals surface area contributed by atoms with E-state index in [4.69, 9.17) is 4.74 Å². The van der Waals surface area contributed by atoms with Crippen LogP contribution in [0.2, 0.25) is 0 Å². The van der Waals surface area contributed by atoms with Gasteiger partial charge in [0.05, 0.1) is 19.0 Å². The summed E-state index contributed by atoms with van der Waals surface area (Å²) in [5.74, 6) is 1.13. The summed E-state index contributed by atoms with van der Waals surface area (Å²) in [7, 11) is 1.61. The van der Waals surface area contributed by atoms with Crippen LogP contribution < -0.4 is 9.64 Å². The zero-order chi connectivity index (χ0) is 18.9. The Hall–Kier alpha value is -2.36. The number of aromatic nitrogens is 1. The van der Waals surface area contributed by atoms with E-state index in [9.17, 15) is 0 Å². The molecule has 4 heteroatoms. The number of aliphatic imine (C=N–C) groups is 1. The summed E-state index contributed by atoms with van der Waals surface area (Å²) in [4.78, 5) is 11.3. The van der Waals surface area contributed by atoms with E-state index < -0.39 is 0 Å². The van der Waals surface area contributed by atoms with Crippen LogP contribution in [-0.4, -0.2) is 29.9 Å². The van der Waals surface area contributed by atoms with E-state index in [1.54, 1.807) is 13.3 Å². The van der Waals surface area contributed by atoms with E-state index in [1.807, 2.05) is 18.3 Å². The fourth-order valence-electron chi connectivity index (χ4n) is 4.25. The number of benzene rings is 1. The highest BCUT2D eigenvalue weighted by Gasteiger charge is 2.37. The summed E-state index contributed by atoms with van der Waals surface area (Å²) in [6.07, 6.45) is 4.79. The number of nitrogens with zero attached hydrogens (tertiary/aromatic N) is 3. The normalized spacial score (nSPS) is 19.0. The highest BCUT2D eigenvalue weighted by Crippen LogP contribution is 2.44. The van der Waals surface area contributed by atoms with E-state index >= 15 is 0 Å². The van der Waals surface area contributed by atoms with Crippen molar-refractivity contribution in [3.63, 3.8) is 0 Å². The Labute approximate surface area is 156 Å². The molecule has 26 heavy (non-hydrogen) atoms. The summed E-state index contributed by atoms with van der Waals surface area (Å²) < 4.78 is 5.08. The maximum atomic E-state index is 5.08. The van der Waals surface area contributed by atoms with E-state index in [2.05, 4.69) is 67.7 Å². The fraction of sp³-hybridized carbons (Fsp3) is 0.455. The highest BCUT2D eigenvalue weighted by molar-refractivity contribution is 5.83. The lowest BCUT2D eigenvalue weighted by molar-refractivity contribution is 0.356. The summed E-state index contributed by atoms with van der Waals surface area (Å²) >= 11 is 0. The van der Waals surface area contributed by atoms with Crippen molar-refractivity contribution in [3.05, 3.63) is 47.7 Å². The second-order valence-corrected chi connectivity index (χ2v) is 8.02. The first-order chi connectivity index (χ1) is 12.3. The zero-order valence-electron chi connectivity index (χ0n) is 16.7. The third-order valence-corrected chi connectivity index (χ3v) is 5.11. The molecule has 1 unspecified atom stereocenters. The number of methoxy groups -OCH3 is 1. The average molecular weight is 351 g/mol. The number of hydrogen-bond donors (Lipinski definition) is 0. The number of ether oxygens (including phenoxy) is 1. The molecule has 138 valence electrons. The Balaban J connectivity index is 1.90. The van der Waals surface area contributed by atoms with Gasteiger partial charge >= 0.3 is 0 Å². The van der Waals surface area contributed by atoms with Gasteiger partial charge in [0.2, 0.25) is 5.88 Å². The van der Waals surface area contributed by atoms with Crippen molar-refractivity contribution in [1.82, 2.24) is 4.98 Å². The van der Waals surface area contributed by atoms with Gasteiger partial charge in [0.1, 0.15) is 0 Å². The molecule has 0 spiro atoms. The van der Waals surface area contributed by atoms with Crippen LogP contribution in [0.5, 0.6) is 5.88 Å². The van der Waals surface area contributed by atoms with E-state index in [1.165, 1.54) is 11.3 Å². The molecule has 0 radical (unpaired) electrons. The van der Waals surface area contributed by atoms with Crippen LogP contribution in [0.3, 0.4) is 0 Å². The van der Waals surface area contributed by atoms with Gasteiger partial charge in [0, 0.05) is 29.5 Å². The van der Waals surface area contributed by atoms with Gasteiger partial charge in [-0.25, -0.2) is 4.98 Å². The van der Waals surface area contributed by atoms with E-state index in [0.29, 0.717) is 17.8 Å². The predicted molar refractivity (Wildman–Crippen MR) is 109 cm³/mol. The molecule has 1 aromatic carbocycles. The molecular weight excluding hydrogens is 322 g/mol. The number of fused-ring (bicyclic) bond motifs is 1. The molecule has 1 aliphatic heterocycles. The van der Waals surface area contributed by atoms with Crippen molar-refractivity contribution in [1.29, 1.82) is 0 Å². The molecule has 2 aromatic rings. The van der Waals surface area contributed by atoms with Crippen LogP contribution >= 0.6 is 0 Å². The molecule has 1 aromatic heterocycles. The van der Waals surface area contributed by atoms with Gasteiger partial charge in [-0.3, -0.25) is 4.99 Å². The van der Waals surface area contributed by atoms with Crippen molar-refractivity contribution in [2.24, 2.45) is 4.99 Å². The maximum Gasteiger partial charge on any atom is 0.213 e. The van der Waals surface area contributed by atoms with Crippen molar-refractivity contribution in [2.45, 2.75) is 58.5 Å². The van der Waals surface area contributed by atoms with Crippen molar-refractivity contribution >= 4 is 17.6 Å². The smallest absolute Gasteiger partial charge is 0.213 e. The molecule has 1 atom stereocenters. The van der Waals surface area contributed by atoms with Crippen LogP contribution in [-0.2, 0) is 0 Å². The van der Waals surface area contributed by atoms with E-state index in [0.717, 1.165) is 17.7 Å². The summed E-state index contributed by atoms with van der Waals surface area (Å²) in [6.45, 7) is 11.6. The minimum absolute atomic E-state index is 0.172. The standard InChI is InChI=1S/C22H29N3O/c1-15(2)25-20-9-7-17(11-19(20)16(3)12-22(25,4)5)13-23-18-8-10-21(26-6)24-14-18/h7-11,13-16H,12H2,1-6H3. The van der Waals surface area contributed by atoms with Crippen LogP contribution in [0, 0.1) is 0 Å². The SMILES string of the molecule is COc1ccc(N=Cc2ccc3c(c2)C(C)CC(C)(C)N3C(C)C)cn1. The Morgan fingerprint density at radius 1 is 1.27 bits per heavy atom. The predicted octanol–water partition coefficient (Wildman–Crippen LogP) is 5.34. The molecule has 0 fully saturated rings. The van der Waals surface area contributed by atoms with Crippen LogP contribution in [0.4, 0.5) is 11.4 Å². The van der Waals surface area contributed by atoms with Crippen molar-refractivity contribution < 1.29 is 4.74 Å². The lowest BCUT2D eigenvalue weighted by atomic mass is 9.79. The second kappa shape index (κ2) is 7.10. The number of hydrogen-bond acceptors (Lipinski definition) is 4. The van der Waals surface area contributed by atoms with Gasteiger partial charge in [0.25, 0.3) is 0 Å². The Morgan fingerprint density at radius 2 is 2.04 bits per heavy atom. The van der Waals surface area contributed by atoms with Gasteiger partial charge in [-0.1, -0.05) is 13.0 Å². The van der Waals surface area contributed by atoms with Gasteiger partial charge in [-0.2, -0.15) is 0 Å². The molecule has 4 nitrogen and oxygen atoms in total. The van der Waals surface area contributed by atoms with E-state index in [-0.39, 0.29) is 5.54 Å². The largest absolute Gasteiger partial charge is 0.481 e. The number of anilines is 1. The van der Waals surface area contributed by atoms with Crippen LogP contribution in [0.15, 0.2) is 41.5 Å². The Bertz CT molecular complexity index is 794. The monoisotopic (exact) mass is 351 g/mol. The molecule has 0 saturated carbocycles. The third kappa shape index (κ3) is 3.59. The molecule has 0 aliphatic carbocycles. The second-order valence-electron chi connectivity index (χ2n) is 8.02. The first kappa shape index (κ1) is 18.4. The van der Waals surface area contributed by atoms with Gasteiger partial charge in [-0.05, 0) is 69.4 Å². The van der Waals surface area contributed by atoms with Gasteiger partial charge in [0.15, 0.2) is 0 Å². The van der Waals surface area contributed by atoms with Gasteiger partial charge < -0.3 is 9.64 Å². The number of rotatable bonds is 4.